The Labute approximate surface area is 190 Å². The standard InChI is InChI=1S/C21H21Cl2N3O4S/c1-12(2)31(28,29)11-16-9-18(14-5-6-19(27)26(4)10-14)25-21(24-16)30-20-13(3)7-15(22)8-17(20)23/h5-10,12H,11H2,1-4H3. The minimum absolute atomic E-state index is 0.0624. The summed E-state index contributed by atoms with van der Waals surface area (Å²) in [6.07, 6.45) is 1.61. The Hall–Kier alpha value is -2.42. The molecule has 0 atom stereocenters. The van der Waals surface area contributed by atoms with Crippen molar-refractivity contribution in [2.24, 2.45) is 7.05 Å². The molecule has 0 saturated carbocycles. The van der Waals surface area contributed by atoms with Gasteiger partial charge in [0.05, 0.1) is 27.4 Å². The Balaban J connectivity index is 2.13. The van der Waals surface area contributed by atoms with Crippen LogP contribution in [0.15, 0.2) is 41.3 Å². The van der Waals surface area contributed by atoms with Gasteiger partial charge in [0.15, 0.2) is 15.6 Å². The first-order valence-corrected chi connectivity index (χ1v) is 11.8. The molecule has 2 aromatic heterocycles. The van der Waals surface area contributed by atoms with Crippen LogP contribution in [0.3, 0.4) is 0 Å². The van der Waals surface area contributed by atoms with Crippen molar-refractivity contribution < 1.29 is 13.2 Å². The minimum Gasteiger partial charge on any atom is -0.422 e. The molecule has 7 nitrogen and oxygen atoms in total. The Morgan fingerprint density at radius 3 is 2.45 bits per heavy atom. The summed E-state index contributed by atoms with van der Waals surface area (Å²) in [5.41, 5.74) is 1.78. The number of sulfone groups is 1. The fraction of sp³-hybridized carbons (Fsp3) is 0.286. The number of hydrogen-bond acceptors (Lipinski definition) is 6. The molecule has 10 heteroatoms. The average Bonchev–Trinajstić information content (AvgIpc) is 2.66. The summed E-state index contributed by atoms with van der Waals surface area (Å²) >= 11 is 12.3. The zero-order chi connectivity index (χ0) is 22.9. The molecule has 3 aromatic rings. The number of aryl methyl sites for hydroxylation is 2. The van der Waals surface area contributed by atoms with Gasteiger partial charge in [-0.3, -0.25) is 4.79 Å². The second-order valence-electron chi connectivity index (χ2n) is 7.39. The number of ether oxygens (including phenoxy) is 1. The highest BCUT2D eigenvalue weighted by Gasteiger charge is 2.20. The van der Waals surface area contributed by atoms with Gasteiger partial charge >= 0.3 is 6.01 Å². The van der Waals surface area contributed by atoms with Gasteiger partial charge in [0, 0.05) is 29.9 Å². The zero-order valence-electron chi connectivity index (χ0n) is 17.4. The van der Waals surface area contributed by atoms with E-state index in [0.717, 1.165) is 0 Å². The summed E-state index contributed by atoms with van der Waals surface area (Å²) in [6.45, 7) is 4.99. The van der Waals surface area contributed by atoms with Crippen molar-refractivity contribution in [3.05, 3.63) is 68.2 Å². The molecule has 1 aromatic carbocycles. The highest BCUT2D eigenvalue weighted by Crippen LogP contribution is 2.35. The van der Waals surface area contributed by atoms with Crippen molar-refractivity contribution in [2.75, 3.05) is 0 Å². The first-order valence-electron chi connectivity index (χ1n) is 9.36. The van der Waals surface area contributed by atoms with Gasteiger partial charge in [0.1, 0.15) is 0 Å². The molecule has 0 unspecified atom stereocenters. The quantitative estimate of drug-likeness (QED) is 0.511. The molecule has 0 spiro atoms. The van der Waals surface area contributed by atoms with E-state index in [1.54, 1.807) is 52.2 Å². The highest BCUT2D eigenvalue weighted by molar-refractivity contribution is 7.91. The number of nitrogens with zero attached hydrogens (tertiary/aromatic N) is 3. The van der Waals surface area contributed by atoms with Crippen LogP contribution in [-0.2, 0) is 22.6 Å². The Morgan fingerprint density at radius 1 is 1.13 bits per heavy atom. The topological polar surface area (TPSA) is 91.1 Å². The van der Waals surface area contributed by atoms with Crippen LogP contribution in [0.4, 0.5) is 0 Å². The van der Waals surface area contributed by atoms with E-state index in [1.807, 2.05) is 0 Å². The third-order valence-corrected chi connectivity index (χ3v) is 7.23. The monoisotopic (exact) mass is 481 g/mol. The van der Waals surface area contributed by atoms with Crippen LogP contribution in [0.1, 0.15) is 25.1 Å². The summed E-state index contributed by atoms with van der Waals surface area (Å²) in [5, 5.41) is 0.164. The van der Waals surface area contributed by atoms with Gasteiger partial charge < -0.3 is 9.30 Å². The Kier molecular flexibility index (Phi) is 6.73. The van der Waals surface area contributed by atoms with E-state index in [4.69, 9.17) is 27.9 Å². The number of benzene rings is 1. The van der Waals surface area contributed by atoms with Crippen LogP contribution in [0.2, 0.25) is 10.0 Å². The molecular formula is C21H21Cl2N3O4S. The molecule has 0 aliphatic heterocycles. The lowest BCUT2D eigenvalue weighted by molar-refractivity contribution is 0.438. The lowest BCUT2D eigenvalue weighted by Gasteiger charge is -2.13. The van der Waals surface area contributed by atoms with E-state index < -0.39 is 15.1 Å². The first-order chi connectivity index (χ1) is 14.5. The van der Waals surface area contributed by atoms with Crippen molar-refractivity contribution >= 4 is 33.0 Å². The second kappa shape index (κ2) is 8.98. The zero-order valence-corrected chi connectivity index (χ0v) is 19.7. The molecule has 0 saturated heterocycles. The molecule has 0 bridgehead atoms. The molecule has 164 valence electrons. The number of hydrogen-bond donors (Lipinski definition) is 0. The van der Waals surface area contributed by atoms with Crippen LogP contribution in [0.25, 0.3) is 11.3 Å². The summed E-state index contributed by atoms with van der Waals surface area (Å²) in [4.78, 5) is 20.5. The van der Waals surface area contributed by atoms with E-state index in [0.29, 0.717) is 27.6 Å². The van der Waals surface area contributed by atoms with E-state index in [9.17, 15) is 13.2 Å². The largest absolute Gasteiger partial charge is 0.422 e. The normalized spacial score (nSPS) is 11.7. The lowest BCUT2D eigenvalue weighted by Crippen LogP contribution is -2.17. The van der Waals surface area contributed by atoms with Gasteiger partial charge in [-0.2, -0.15) is 9.97 Å². The number of rotatable bonds is 6. The predicted molar refractivity (Wildman–Crippen MR) is 122 cm³/mol. The van der Waals surface area contributed by atoms with E-state index in [-0.39, 0.29) is 28.0 Å². The first kappa shape index (κ1) is 23.2. The predicted octanol–water partition coefficient (Wildman–Crippen LogP) is 4.57. The summed E-state index contributed by atoms with van der Waals surface area (Å²) in [5.74, 6) is 0.0386. The third kappa shape index (κ3) is 5.44. The summed E-state index contributed by atoms with van der Waals surface area (Å²) in [6, 6.07) is 7.74. The van der Waals surface area contributed by atoms with Crippen molar-refractivity contribution in [3.8, 4) is 23.0 Å². The van der Waals surface area contributed by atoms with Crippen LogP contribution in [-0.4, -0.2) is 28.2 Å². The molecule has 0 radical (unpaired) electrons. The molecule has 0 fully saturated rings. The van der Waals surface area contributed by atoms with Crippen molar-refractivity contribution in [3.63, 3.8) is 0 Å². The molecular weight excluding hydrogens is 461 g/mol. The second-order valence-corrected chi connectivity index (χ2v) is 10.8. The van der Waals surface area contributed by atoms with Crippen LogP contribution >= 0.6 is 23.2 Å². The van der Waals surface area contributed by atoms with E-state index in [1.165, 1.54) is 16.7 Å². The number of aromatic nitrogens is 3. The molecule has 0 N–H and O–H groups in total. The van der Waals surface area contributed by atoms with Gasteiger partial charge in [-0.25, -0.2) is 8.42 Å². The maximum atomic E-state index is 12.5. The van der Waals surface area contributed by atoms with Gasteiger partial charge in [0.25, 0.3) is 0 Å². The van der Waals surface area contributed by atoms with E-state index >= 15 is 0 Å². The molecule has 0 aliphatic rings. The summed E-state index contributed by atoms with van der Waals surface area (Å²) < 4.78 is 32.2. The highest BCUT2D eigenvalue weighted by atomic mass is 35.5. The van der Waals surface area contributed by atoms with Crippen molar-refractivity contribution in [1.82, 2.24) is 14.5 Å². The maximum Gasteiger partial charge on any atom is 0.322 e. The maximum absolute atomic E-state index is 12.5. The van der Waals surface area contributed by atoms with Gasteiger partial charge in [-0.1, -0.05) is 23.2 Å². The van der Waals surface area contributed by atoms with Crippen LogP contribution in [0, 0.1) is 6.92 Å². The molecule has 2 heterocycles. The molecule has 31 heavy (non-hydrogen) atoms. The van der Waals surface area contributed by atoms with E-state index in [2.05, 4.69) is 9.97 Å². The van der Waals surface area contributed by atoms with Crippen LogP contribution in [0.5, 0.6) is 11.8 Å². The fourth-order valence-corrected chi connectivity index (χ4v) is 4.30. The third-order valence-electron chi connectivity index (χ3n) is 4.59. The Morgan fingerprint density at radius 2 is 1.84 bits per heavy atom. The molecule has 0 aliphatic carbocycles. The van der Waals surface area contributed by atoms with Gasteiger partial charge in [-0.15, -0.1) is 0 Å². The van der Waals surface area contributed by atoms with Gasteiger partial charge in [0.2, 0.25) is 5.56 Å². The average molecular weight is 482 g/mol. The summed E-state index contributed by atoms with van der Waals surface area (Å²) in [7, 11) is -1.80. The Bertz CT molecular complexity index is 1280. The van der Waals surface area contributed by atoms with Crippen LogP contribution < -0.4 is 10.3 Å². The number of pyridine rings is 1. The molecule has 3 rings (SSSR count). The lowest BCUT2D eigenvalue weighted by atomic mass is 10.2. The van der Waals surface area contributed by atoms with Gasteiger partial charge in [-0.05, 0) is 50.6 Å². The molecule has 0 amide bonds. The van der Waals surface area contributed by atoms with Crippen molar-refractivity contribution in [2.45, 2.75) is 31.8 Å². The number of halogens is 2. The SMILES string of the molecule is Cc1cc(Cl)cc(Cl)c1Oc1nc(CS(=O)(=O)C(C)C)cc(-c2ccc(=O)n(C)c2)n1. The van der Waals surface area contributed by atoms with Crippen molar-refractivity contribution in [1.29, 1.82) is 0 Å². The minimum atomic E-state index is -3.42. The fourth-order valence-electron chi connectivity index (χ4n) is 2.77. The smallest absolute Gasteiger partial charge is 0.322 e.